The van der Waals surface area contributed by atoms with Crippen molar-refractivity contribution in [2.24, 2.45) is 0 Å². The number of nitrogens with zero attached hydrogens (tertiary/aromatic N) is 3. The highest BCUT2D eigenvalue weighted by atomic mass is 19.4. The lowest BCUT2D eigenvalue weighted by Gasteiger charge is -2.22. The van der Waals surface area contributed by atoms with E-state index in [1.807, 2.05) is 0 Å². The van der Waals surface area contributed by atoms with E-state index in [2.05, 4.69) is 5.10 Å². The predicted octanol–water partition coefficient (Wildman–Crippen LogP) is 3.68. The van der Waals surface area contributed by atoms with Crippen molar-refractivity contribution >= 4 is 11.7 Å². The number of aromatic nitrogens is 2. The second-order valence-electron chi connectivity index (χ2n) is 8.85. The second-order valence-corrected chi connectivity index (χ2v) is 8.85. The molecule has 2 aliphatic rings. The molecule has 1 aromatic heterocycles. The van der Waals surface area contributed by atoms with Crippen LogP contribution in [0.1, 0.15) is 39.9 Å². The molecule has 2 N–H and O–H groups in total. The number of hydrogen-bond acceptors (Lipinski definition) is 5. The minimum Gasteiger partial charge on any atom is -0.478 e. The number of hydrogen-bond donors (Lipinski definition) is 2. The van der Waals surface area contributed by atoms with E-state index in [0.29, 0.717) is 60.3 Å². The van der Waals surface area contributed by atoms with Crippen LogP contribution in [-0.4, -0.2) is 45.2 Å². The quantitative estimate of drug-likeness (QED) is 0.586. The molecule has 35 heavy (non-hydrogen) atoms. The molecule has 182 valence electrons. The lowest BCUT2D eigenvalue weighted by atomic mass is 10.0. The smallest absolute Gasteiger partial charge is 0.418 e. The molecule has 10 heteroatoms. The highest BCUT2D eigenvalue weighted by molar-refractivity contribution is 5.89. The number of carboxylic acid groups (broad SMARTS) is 1. The molecule has 0 unspecified atom stereocenters. The van der Waals surface area contributed by atoms with Crippen molar-refractivity contribution in [3.63, 3.8) is 0 Å². The third-order valence-corrected chi connectivity index (χ3v) is 6.58. The largest absolute Gasteiger partial charge is 0.478 e. The number of benzene rings is 2. The van der Waals surface area contributed by atoms with Gasteiger partial charge in [0.15, 0.2) is 0 Å². The fourth-order valence-electron chi connectivity index (χ4n) is 4.88. The molecular weight excluding hydrogens is 463 g/mol. The van der Waals surface area contributed by atoms with E-state index < -0.39 is 35.1 Å². The molecule has 3 aromatic rings. The summed E-state index contributed by atoms with van der Waals surface area (Å²) in [6.45, 7) is 0.760. The molecule has 0 spiro atoms. The first kappa shape index (κ1) is 23.1. The standard InChI is InChI=1S/C25H22F3N3O4/c26-25(27,28)20-8-7-16(30-10-9-17(32)13-30)12-21(20)31-23(33)19-6-2-5-18(19)22(29-31)14-3-1-4-15(11-14)24(34)35/h1,3-4,7-8,11-12,17,32H,2,5-6,9-10,13H2,(H,34,35)/t17-/m0/s1. The maximum Gasteiger partial charge on any atom is 0.418 e. The van der Waals surface area contributed by atoms with Crippen molar-refractivity contribution in [2.75, 3.05) is 18.0 Å². The second kappa shape index (κ2) is 8.53. The molecule has 1 saturated heterocycles. The lowest BCUT2D eigenvalue weighted by Crippen LogP contribution is -2.29. The summed E-state index contributed by atoms with van der Waals surface area (Å²) in [7, 11) is 0. The Balaban J connectivity index is 1.74. The molecule has 0 saturated carbocycles. The van der Waals surface area contributed by atoms with E-state index in [1.54, 1.807) is 11.0 Å². The van der Waals surface area contributed by atoms with Crippen LogP contribution in [0.2, 0.25) is 0 Å². The Morgan fingerprint density at radius 1 is 1.09 bits per heavy atom. The van der Waals surface area contributed by atoms with Crippen LogP contribution in [0.25, 0.3) is 16.9 Å². The van der Waals surface area contributed by atoms with Gasteiger partial charge >= 0.3 is 12.1 Å². The highest BCUT2D eigenvalue weighted by Gasteiger charge is 2.36. The van der Waals surface area contributed by atoms with Crippen molar-refractivity contribution in [1.82, 2.24) is 9.78 Å². The van der Waals surface area contributed by atoms with Crippen molar-refractivity contribution in [3.05, 3.63) is 75.1 Å². The summed E-state index contributed by atoms with van der Waals surface area (Å²) < 4.78 is 42.8. The topological polar surface area (TPSA) is 95.7 Å². The van der Waals surface area contributed by atoms with Gasteiger partial charge in [-0.3, -0.25) is 4.79 Å². The Morgan fingerprint density at radius 2 is 1.86 bits per heavy atom. The maximum atomic E-state index is 14.0. The van der Waals surface area contributed by atoms with Gasteiger partial charge in [-0.05, 0) is 61.6 Å². The van der Waals surface area contributed by atoms with Gasteiger partial charge in [-0.25, -0.2) is 4.79 Å². The molecule has 0 amide bonds. The van der Waals surface area contributed by atoms with Gasteiger partial charge in [0.2, 0.25) is 0 Å². The summed E-state index contributed by atoms with van der Waals surface area (Å²) in [5.74, 6) is -1.14. The van der Waals surface area contributed by atoms with Crippen LogP contribution in [-0.2, 0) is 19.0 Å². The molecule has 5 rings (SSSR count). The van der Waals surface area contributed by atoms with Crippen LogP contribution >= 0.6 is 0 Å². The minimum absolute atomic E-state index is 0.0133. The van der Waals surface area contributed by atoms with Crippen molar-refractivity contribution in [3.8, 4) is 16.9 Å². The summed E-state index contributed by atoms with van der Waals surface area (Å²) in [6.07, 6.45) is -3.22. The molecule has 0 radical (unpaired) electrons. The first-order valence-electron chi connectivity index (χ1n) is 11.3. The van der Waals surface area contributed by atoms with Crippen LogP contribution in [0.15, 0.2) is 47.3 Å². The van der Waals surface area contributed by atoms with Crippen molar-refractivity contribution in [2.45, 2.75) is 38.0 Å². The summed E-state index contributed by atoms with van der Waals surface area (Å²) in [4.78, 5) is 26.6. The average Bonchev–Trinajstić information content (AvgIpc) is 3.48. The minimum atomic E-state index is -4.73. The predicted molar refractivity (Wildman–Crippen MR) is 122 cm³/mol. The van der Waals surface area contributed by atoms with E-state index >= 15 is 0 Å². The Labute approximate surface area is 198 Å². The fourth-order valence-corrected chi connectivity index (χ4v) is 4.88. The van der Waals surface area contributed by atoms with E-state index in [1.165, 1.54) is 30.3 Å². The van der Waals surface area contributed by atoms with Crippen LogP contribution in [0, 0.1) is 0 Å². The van der Waals surface area contributed by atoms with Crippen LogP contribution < -0.4 is 10.5 Å². The number of alkyl halides is 3. The van der Waals surface area contributed by atoms with Gasteiger partial charge in [0.05, 0.1) is 28.6 Å². The van der Waals surface area contributed by atoms with Crippen LogP contribution in [0.3, 0.4) is 0 Å². The van der Waals surface area contributed by atoms with E-state index in [0.717, 1.165) is 10.7 Å². The third-order valence-electron chi connectivity index (χ3n) is 6.58. The van der Waals surface area contributed by atoms with E-state index in [9.17, 15) is 33.0 Å². The van der Waals surface area contributed by atoms with E-state index in [-0.39, 0.29) is 12.1 Å². The molecule has 2 aromatic carbocycles. The number of aliphatic hydroxyl groups excluding tert-OH is 1. The van der Waals surface area contributed by atoms with Crippen molar-refractivity contribution in [1.29, 1.82) is 0 Å². The summed E-state index contributed by atoms with van der Waals surface area (Å²) >= 11 is 0. The molecule has 1 aliphatic carbocycles. The Morgan fingerprint density at radius 3 is 2.54 bits per heavy atom. The number of anilines is 1. The van der Waals surface area contributed by atoms with Gasteiger partial charge in [-0.15, -0.1) is 0 Å². The van der Waals surface area contributed by atoms with Gasteiger partial charge in [-0.2, -0.15) is 23.0 Å². The van der Waals surface area contributed by atoms with Gasteiger partial charge in [-0.1, -0.05) is 12.1 Å². The van der Waals surface area contributed by atoms with Gasteiger partial charge in [0.1, 0.15) is 0 Å². The Hall–Kier alpha value is -3.66. The summed E-state index contributed by atoms with van der Waals surface area (Å²) in [6, 6.07) is 9.55. The molecule has 7 nitrogen and oxygen atoms in total. The van der Waals surface area contributed by atoms with Crippen molar-refractivity contribution < 1.29 is 28.2 Å². The number of aliphatic hydroxyl groups is 1. The Bertz CT molecular complexity index is 1380. The highest BCUT2D eigenvalue weighted by Crippen LogP contribution is 2.37. The number of fused-ring (bicyclic) bond motifs is 1. The maximum absolute atomic E-state index is 14.0. The zero-order chi connectivity index (χ0) is 24.9. The average molecular weight is 485 g/mol. The monoisotopic (exact) mass is 485 g/mol. The van der Waals surface area contributed by atoms with Crippen LogP contribution in [0.4, 0.5) is 18.9 Å². The number of carbonyl (C=O) groups is 1. The normalized spacial score (nSPS) is 17.6. The van der Waals surface area contributed by atoms with E-state index in [4.69, 9.17) is 0 Å². The number of carboxylic acids is 1. The lowest BCUT2D eigenvalue weighted by molar-refractivity contribution is -0.137. The number of rotatable bonds is 4. The SMILES string of the molecule is O=C(O)c1cccc(-c2nn(-c3cc(N4CC[C@H](O)C4)ccc3C(F)(F)F)c(=O)c3c2CCC3)c1. The summed E-state index contributed by atoms with van der Waals surface area (Å²) in [5, 5.41) is 23.6. The number of halogens is 3. The molecule has 1 atom stereocenters. The first-order valence-corrected chi connectivity index (χ1v) is 11.3. The number of β-amino-alcohol motifs (C(OH)–C–C–N with tert-alkyl or cyclic N) is 1. The molecule has 2 heterocycles. The van der Waals surface area contributed by atoms with Crippen LogP contribution in [0.5, 0.6) is 0 Å². The first-order chi connectivity index (χ1) is 16.6. The zero-order valence-electron chi connectivity index (χ0n) is 18.5. The zero-order valence-corrected chi connectivity index (χ0v) is 18.5. The summed E-state index contributed by atoms with van der Waals surface area (Å²) in [5.41, 5.74) is 0.212. The van der Waals surface area contributed by atoms with Gasteiger partial charge in [0.25, 0.3) is 5.56 Å². The fraction of sp³-hybridized carbons (Fsp3) is 0.320. The molecule has 1 fully saturated rings. The van der Waals surface area contributed by atoms with Gasteiger partial charge in [0, 0.05) is 29.9 Å². The third kappa shape index (κ3) is 4.18. The number of aromatic carboxylic acids is 1. The molecule has 1 aliphatic heterocycles. The molecule has 0 bridgehead atoms. The Kier molecular flexibility index (Phi) is 5.63. The molecular formula is C25H22F3N3O4. The van der Waals surface area contributed by atoms with Gasteiger partial charge < -0.3 is 15.1 Å².